The predicted octanol–water partition coefficient (Wildman–Crippen LogP) is 2.87. The summed E-state index contributed by atoms with van der Waals surface area (Å²) >= 11 is 0. The number of hydrogen-bond donors (Lipinski definition) is 1. The first kappa shape index (κ1) is 17.1. The number of methoxy groups -OCH3 is 3. The summed E-state index contributed by atoms with van der Waals surface area (Å²) in [4.78, 5) is 22.8. The Hall–Kier alpha value is -3.29. The van der Waals surface area contributed by atoms with Crippen molar-refractivity contribution >= 4 is 17.3 Å². The van der Waals surface area contributed by atoms with Crippen molar-refractivity contribution in [2.45, 2.75) is 0 Å². The highest BCUT2D eigenvalue weighted by Gasteiger charge is 2.19. The summed E-state index contributed by atoms with van der Waals surface area (Å²) in [6.45, 7) is 0. The lowest BCUT2D eigenvalue weighted by Crippen LogP contribution is -2.14. The molecule has 0 aliphatic carbocycles. The van der Waals surface area contributed by atoms with Crippen molar-refractivity contribution in [3.05, 3.63) is 52.1 Å². The first-order valence-electron chi connectivity index (χ1n) is 6.86. The summed E-state index contributed by atoms with van der Waals surface area (Å²) in [5.74, 6) is 0.634. The maximum absolute atomic E-state index is 12.5. The Morgan fingerprint density at radius 2 is 1.71 bits per heavy atom. The van der Waals surface area contributed by atoms with Crippen LogP contribution in [-0.2, 0) is 0 Å². The van der Waals surface area contributed by atoms with Crippen molar-refractivity contribution in [2.24, 2.45) is 0 Å². The number of nitrogens with zero attached hydrogens (tertiary/aromatic N) is 1. The summed E-state index contributed by atoms with van der Waals surface area (Å²) in [5, 5.41) is 13.6. The van der Waals surface area contributed by atoms with Crippen molar-refractivity contribution in [1.82, 2.24) is 0 Å². The van der Waals surface area contributed by atoms with E-state index in [1.54, 1.807) is 18.2 Å². The predicted molar refractivity (Wildman–Crippen MR) is 87.1 cm³/mol. The van der Waals surface area contributed by atoms with Crippen LogP contribution in [0.1, 0.15) is 10.4 Å². The van der Waals surface area contributed by atoms with Crippen LogP contribution in [0.25, 0.3) is 0 Å². The van der Waals surface area contributed by atoms with E-state index in [-0.39, 0.29) is 17.0 Å². The van der Waals surface area contributed by atoms with Crippen LogP contribution in [-0.4, -0.2) is 32.2 Å². The molecule has 0 saturated heterocycles. The largest absolute Gasteiger partial charge is 0.497 e. The molecule has 24 heavy (non-hydrogen) atoms. The van der Waals surface area contributed by atoms with Crippen molar-refractivity contribution < 1.29 is 23.9 Å². The second-order valence-electron chi connectivity index (χ2n) is 4.66. The SMILES string of the molecule is COc1ccc(NC(=O)c2cc([N+](=O)[O-])ccc2OC)c(OC)c1. The standard InChI is InChI=1S/C16H16N2O6/c1-22-11-5-6-13(15(9-11)24-3)17-16(19)12-8-10(18(20)21)4-7-14(12)23-2/h4-9H,1-3H3,(H,17,19). The number of non-ortho nitro benzene ring substituents is 1. The molecule has 0 aromatic heterocycles. The maximum Gasteiger partial charge on any atom is 0.270 e. The molecule has 2 rings (SSSR count). The molecule has 0 spiro atoms. The van der Waals surface area contributed by atoms with E-state index in [2.05, 4.69) is 5.32 Å². The summed E-state index contributed by atoms with van der Waals surface area (Å²) in [6.07, 6.45) is 0. The Morgan fingerprint density at radius 3 is 2.29 bits per heavy atom. The Balaban J connectivity index is 2.36. The molecule has 0 radical (unpaired) electrons. The van der Waals surface area contributed by atoms with Crippen molar-refractivity contribution in [2.75, 3.05) is 26.6 Å². The fraction of sp³-hybridized carbons (Fsp3) is 0.188. The lowest BCUT2D eigenvalue weighted by Gasteiger charge is -2.13. The van der Waals surface area contributed by atoms with Crippen LogP contribution in [0.3, 0.4) is 0 Å². The second kappa shape index (κ2) is 7.32. The Labute approximate surface area is 138 Å². The van der Waals surface area contributed by atoms with Gasteiger partial charge in [0.25, 0.3) is 11.6 Å². The second-order valence-corrected chi connectivity index (χ2v) is 4.66. The average molecular weight is 332 g/mol. The molecule has 2 aromatic rings. The van der Waals surface area contributed by atoms with Gasteiger partial charge in [-0.3, -0.25) is 14.9 Å². The van der Waals surface area contributed by atoms with Gasteiger partial charge in [0.15, 0.2) is 0 Å². The van der Waals surface area contributed by atoms with Gasteiger partial charge in [-0.2, -0.15) is 0 Å². The van der Waals surface area contributed by atoms with Crippen LogP contribution in [0.4, 0.5) is 11.4 Å². The summed E-state index contributed by atoms with van der Waals surface area (Å²) in [7, 11) is 4.35. The van der Waals surface area contributed by atoms with E-state index in [4.69, 9.17) is 14.2 Å². The number of nitro groups is 1. The molecular weight excluding hydrogens is 316 g/mol. The molecule has 8 nitrogen and oxygen atoms in total. The topological polar surface area (TPSA) is 99.9 Å². The van der Waals surface area contributed by atoms with Gasteiger partial charge < -0.3 is 19.5 Å². The molecule has 0 fully saturated rings. The molecule has 1 N–H and O–H groups in total. The third kappa shape index (κ3) is 3.54. The fourth-order valence-electron chi connectivity index (χ4n) is 2.08. The van der Waals surface area contributed by atoms with Gasteiger partial charge in [0.1, 0.15) is 17.2 Å². The van der Waals surface area contributed by atoms with Crippen LogP contribution in [0.15, 0.2) is 36.4 Å². The molecule has 126 valence electrons. The number of amides is 1. The van der Waals surface area contributed by atoms with E-state index < -0.39 is 10.8 Å². The highest BCUT2D eigenvalue weighted by Crippen LogP contribution is 2.31. The average Bonchev–Trinajstić information content (AvgIpc) is 2.61. The van der Waals surface area contributed by atoms with Crippen molar-refractivity contribution in [3.63, 3.8) is 0 Å². The first-order valence-corrected chi connectivity index (χ1v) is 6.86. The number of nitrogens with one attached hydrogen (secondary N) is 1. The number of rotatable bonds is 6. The van der Waals surface area contributed by atoms with E-state index in [0.29, 0.717) is 17.2 Å². The maximum atomic E-state index is 12.5. The van der Waals surface area contributed by atoms with Crippen LogP contribution < -0.4 is 19.5 Å². The highest BCUT2D eigenvalue weighted by molar-refractivity contribution is 6.07. The van der Waals surface area contributed by atoms with Gasteiger partial charge in [-0.1, -0.05) is 0 Å². The van der Waals surface area contributed by atoms with E-state index in [9.17, 15) is 14.9 Å². The smallest absolute Gasteiger partial charge is 0.270 e. The molecule has 0 atom stereocenters. The molecule has 0 bridgehead atoms. The minimum Gasteiger partial charge on any atom is -0.497 e. The molecule has 8 heteroatoms. The lowest BCUT2D eigenvalue weighted by atomic mass is 10.1. The molecule has 0 heterocycles. The molecular formula is C16H16N2O6. The number of ether oxygens (including phenoxy) is 3. The van der Waals surface area contributed by atoms with Crippen molar-refractivity contribution in [1.29, 1.82) is 0 Å². The summed E-state index contributed by atoms with van der Waals surface area (Å²) < 4.78 is 15.4. The normalized spacial score (nSPS) is 9.96. The Bertz CT molecular complexity index is 775. The quantitative estimate of drug-likeness (QED) is 0.645. The highest BCUT2D eigenvalue weighted by atomic mass is 16.6. The van der Waals surface area contributed by atoms with Crippen LogP contribution in [0.2, 0.25) is 0 Å². The van der Waals surface area contributed by atoms with E-state index in [1.807, 2.05) is 0 Å². The molecule has 0 aliphatic heterocycles. The van der Waals surface area contributed by atoms with Crippen LogP contribution in [0.5, 0.6) is 17.2 Å². The molecule has 0 aliphatic rings. The monoisotopic (exact) mass is 332 g/mol. The van der Waals surface area contributed by atoms with E-state index in [0.717, 1.165) is 6.07 Å². The van der Waals surface area contributed by atoms with Gasteiger partial charge in [0.2, 0.25) is 0 Å². The Kier molecular flexibility index (Phi) is 5.20. The number of carbonyl (C=O) groups is 1. The van der Waals surface area contributed by atoms with Gasteiger partial charge in [0, 0.05) is 18.2 Å². The minimum atomic E-state index is -0.579. The summed E-state index contributed by atoms with van der Waals surface area (Å²) in [5.41, 5.74) is 0.240. The third-order valence-electron chi connectivity index (χ3n) is 3.30. The van der Waals surface area contributed by atoms with E-state index in [1.165, 1.54) is 33.5 Å². The number of nitro benzene ring substituents is 1. The minimum absolute atomic E-state index is 0.0459. The number of carbonyl (C=O) groups excluding carboxylic acids is 1. The molecule has 1 amide bonds. The van der Waals surface area contributed by atoms with Gasteiger partial charge in [-0.25, -0.2) is 0 Å². The number of anilines is 1. The van der Waals surface area contributed by atoms with Crippen LogP contribution in [0, 0.1) is 10.1 Å². The summed E-state index contributed by atoms with van der Waals surface area (Å²) in [6, 6.07) is 8.68. The van der Waals surface area contributed by atoms with Crippen molar-refractivity contribution in [3.8, 4) is 17.2 Å². The molecule has 0 unspecified atom stereocenters. The zero-order valence-corrected chi connectivity index (χ0v) is 13.4. The molecule has 2 aromatic carbocycles. The third-order valence-corrected chi connectivity index (χ3v) is 3.30. The van der Waals surface area contributed by atoms with Crippen LogP contribution >= 0.6 is 0 Å². The lowest BCUT2D eigenvalue weighted by molar-refractivity contribution is -0.384. The first-order chi connectivity index (χ1) is 11.5. The molecule has 0 saturated carbocycles. The van der Waals surface area contributed by atoms with Gasteiger partial charge in [-0.15, -0.1) is 0 Å². The fourth-order valence-corrected chi connectivity index (χ4v) is 2.08. The van der Waals surface area contributed by atoms with Gasteiger partial charge in [-0.05, 0) is 18.2 Å². The zero-order valence-electron chi connectivity index (χ0n) is 13.4. The Morgan fingerprint density at radius 1 is 1.00 bits per heavy atom. The van der Waals surface area contributed by atoms with Gasteiger partial charge in [0.05, 0.1) is 37.5 Å². The van der Waals surface area contributed by atoms with Gasteiger partial charge >= 0.3 is 0 Å². The van der Waals surface area contributed by atoms with E-state index >= 15 is 0 Å². The number of benzene rings is 2. The zero-order chi connectivity index (χ0) is 17.7. The number of hydrogen-bond acceptors (Lipinski definition) is 6.